The molecular weight excluding hydrogens is 412 g/mol. The fraction of sp³-hybridized carbons (Fsp3) is 0.417. The summed E-state index contributed by atoms with van der Waals surface area (Å²) in [5.74, 6) is 0. The van der Waals surface area contributed by atoms with Crippen molar-refractivity contribution < 1.29 is 9.53 Å². The van der Waals surface area contributed by atoms with Crippen molar-refractivity contribution in [2.24, 2.45) is 11.1 Å². The van der Waals surface area contributed by atoms with Gasteiger partial charge in [-0.3, -0.25) is 9.78 Å². The first-order valence-corrected chi connectivity index (χ1v) is 10.8. The Bertz CT molecular complexity index is 994. The van der Waals surface area contributed by atoms with Crippen LogP contribution in [0.4, 0.5) is 0 Å². The van der Waals surface area contributed by atoms with Crippen molar-refractivity contribution in [3.05, 3.63) is 64.1 Å². The molecule has 7 heteroatoms. The highest BCUT2D eigenvalue weighted by Gasteiger charge is 2.24. The van der Waals surface area contributed by atoms with E-state index >= 15 is 0 Å². The third-order valence-corrected chi connectivity index (χ3v) is 5.42. The predicted octanol–water partition coefficient (Wildman–Crippen LogP) is 4.01. The van der Waals surface area contributed by atoms with Gasteiger partial charge in [-0.15, -0.1) is 0 Å². The van der Waals surface area contributed by atoms with E-state index in [9.17, 15) is 4.79 Å². The van der Waals surface area contributed by atoms with Crippen molar-refractivity contribution in [1.82, 2.24) is 15.8 Å². The topological polar surface area (TPSA) is 89.3 Å². The third kappa shape index (κ3) is 5.71. The highest BCUT2D eigenvalue weighted by atomic mass is 35.5. The molecule has 1 atom stereocenters. The number of rotatable bonds is 7. The summed E-state index contributed by atoms with van der Waals surface area (Å²) in [4.78, 5) is 16.3. The number of aryl methyl sites for hydroxylation is 2. The van der Waals surface area contributed by atoms with Crippen molar-refractivity contribution >= 4 is 16.8 Å². The fourth-order valence-corrected chi connectivity index (χ4v) is 3.83. The van der Waals surface area contributed by atoms with Gasteiger partial charge in [0.15, 0.2) is 0 Å². The number of benzene rings is 1. The Morgan fingerprint density at radius 2 is 1.87 bits per heavy atom. The Labute approximate surface area is 189 Å². The van der Waals surface area contributed by atoms with Crippen molar-refractivity contribution in [3.63, 3.8) is 0 Å². The molecule has 31 heavy (non-hydrogen) atoms. The second-order valence-corrected chi connectivity index (χ2v) is 9.48. The average Bonchev–Trinajstić information content (AvgIpc) is 3.16. The highest BCUT2D eigenvalue weighted by molar-refractivity contribution is 6.67. The molecule has 0 spiro atoms. The molecule has 1 aliphatic heterocycles. The summed E-state index contributed by atoms with van der Waals surface area (Å²) >= 11 is 5.53. The van der Waals surface area contributed by atoms with Gasteiger partial charge in [0.25, 0.3) is 5.24 Å². The molecule has 2 heterocycles. The minimum Gasteiger partial charge on any atom is -0.353 e. The first-order valence-electron chi connectivity index (χ1n) is 10.4. The molecule has 2 aromatic rings. The number of nitrogens with zero attached hydrogens (tertiary/aromatic N) is 1. The summed E-state index contributed by atoms with van der Waals surface area (Å²) in [6, 6.07) is 8.44. The van der Waals surface area contributed by atoms with Crippen LogP contribution in [0.2, 0.25) is 0 Å². The van der Waals surface area contributed by atoms with E-state index in [1.807, 2.05) is 6.92 Å². The van der Waals surface area contributed by atoms with E-state index in [1.165, 1.54) is 5.56 Å². The zero-order valence-electron chi connectivity index (χ0n) is 18.8. The van der Waals surface area contributed by atoms with E-state index in [0.29, 0.717) is 13.2 Å². The molecular formula is C24H31ClN4O2. The van der Waals surface area contributed by atoms with Gasteiger partial charge in [-0.1, -0.05) is 50.6 Å². The number of carbonyl (C=O) groups excluding carboxylic acids is 1. The summed E-state index contributed by atoms with van der Waals surface area (Å²) in [5.41, 5.74) is 19.6. The lowest BCUT2D eigenvalue weighted by Gasteiger charge is -2.25. The van der Waals surface area contributed by atoms with Gasteiger partial charge >= 0.3 is 0 Å². The van der Waals surface area contributed by atoms with Crippen LogP contribution in [0.3, 0.4) is 0 Å². The minimum atomic E-state index is -0.561. The lowest BCUT2D eigenvalue weighted by Crippen LogP contribution is -2.34. The molecule has 0 aliphatic carbocycles. The number of hydrogen-bond acceptors (Lipinski definition) is 6. The number of nitrogens with two attached hydrogens (primary N) is 1. The van der Waals surface area contributed by atoms with Crippen molar-refractivity contribution in [1.29, 1.82) is 0 Å². The lowest BCUT2D eigenvalue weighted by atomic mass is 9.85. The van der Waals surface area contributed by atoms with Gasteiger partial charge in [-0.05, 0) is 60.1 Å². The molecule has 1 unspecified atom stereocenters. The molecule has 0 fully saturated rings. The van der Waals surface area contributed by atoms with E-state index in [2.05, 4.69) is 62.8 Å². The van der Waals surface area contributed by atoms with Gasteiger partial charge < -0.3 is 15.9 Å². The number of nitrogens with one attached hydrogen (secondary N) is 2. The summed E-state index contributed by atoms with van der Waals surface area (Å²) in [7, 11) is 0. The van der Waals surface area contributed by atoms with Crippen LogP contribution >= 0.6 is 11.6 Å². The zero-order chi connectivity index (χ0) is 22.8. The monoisotopic (exact) mass is 442 g/mol. The molecule has 4 N–H and O–H groups in total. The predicted molar refractivity (Wildman–Crippen MR) is 124 cm³/mol. The Hall–Kier alpha value is -2.25. The summed E-state index contributed by atoms with van der Waals surface area (Å²) < 4.78 is 6.03. The SMILES string of the molecule is Cc1ccc(-c2c(COC3C=C(C(=O)Cl)NN3)c(C)nc(CC(C)(C)C)c2CN)cc1. The first kappa shape index (κ1) is 23.4. The molecule has 1 aliphatic rings. The second kappa shape index (κ2) is 9.49. The number of aromatic nitrogens is 1. The molecule has 0 saturated carbocycles. The quantitative estimate of drug-likeness (QED) is 0.561. The molecule has 0 amide bonds. The third-order valence-electron chi connectivity index (χ3n) is 5.22. The average molecular weight is 443 g/mol. The van der Waals surface area contributed by atoms with Crippen LogP contribution in [-0.4, -0.2) is 16.5 Å². The largest absolute Gasteiger partial charge is 0.353 e. The molecule has 3 rings (SSSR count). The smallest absolute Gasteiger partial charge is 0.269 e. The van der Waals surface area contributed by atoms with E-state index in [1.54, 1.807) is 6.08 Å². The van der Waals surface area contributed by atoms with Crippen molar-refractivity contribution in [2.45, 2.75) is 60.4 Å². The Morgan fingerprint density at radius 3 is 2.42 bits per heavy atom. The number of hydrazine groups is 1. The van der Waals surface area contributed by atoms with E-state index in [-0.39, 0.29) is 11.1 Å². The minimum absolute atomic E-state index is 0.0840. The maximum absolute atomic E-state index is 11.3. The molecule has 166 valence electrons. The normalized spacial score (nSPS) is 16.2. The maximum atomic E-state index is 11.3. The molecule has 0 bridgehead atoms. The van der Waals surface area contributed by atoms with Crippen LogP contribution in [0.15, 0.2) is 36.0 Å². The van der Waals surface area contributed by atoms with Crippen LogP contribution in [0.5, 0.6) is 0 Å². The fourth-order valence-electron chi connectivity index (χ4n) is 3.72. The van der Waals surface area contributed by atoms with E-state index in [4.69, 9.17) is 27.1 Å². The summed E-state index contributed by atoms with van der Waals surface area (Å²) in [5, 5.41) is -0.561. The molecule has 1 aromatic carbocycles. The van der Waals surface area contributed by atoms with Crippen molar-refractivity contribution in [3.8, 4) is 11.1 Å². The second-order valence-electron chi connectivity index (χ2n) is 9.14. The van der Waals surface area contributed by atoms with E-state index < -0.39 is 11.5 Å². The number of pyridine rings is 1. The highest BCUT2D eigenvalue weighted by Crippen LogP contribution is 2.34. The first-order chi connectivity index (χ1) is 14.6. The lowest BCUT2D eigenvalue weighted by molar-refractivity contribution is -0.108. The van der Waals surface area contributed by atoms with Gasteiger partial charge in [0.1, 0.15) is 11.9 Å². The van der Waals surface area contributed by atoms with Crippen LogP contribution in [0.25, 0.3) is 11.1 Å². The van der Waals surface area contributed by atoms with Gasteiger partial charge in [0, 0.05) is 23.5 Å². The molecule has 1 aromatic heterocycles. The van der Waals surface area contributed by atoms with Crippen LogP contribution in [0.1, 0.15) is 48.8 Å². The standard InChI is InChI=1S/C24H31ClN4O2/c1-14-6-8-16(9-7-14)22-17(12-26)20(11-24(3,4)5)27-15(2)18(22)13-31-21-10-19(23(25)30)28-29-21/h6-10,21,28-29H,11-13,26H2,1-5H3. The summed E-state index contributed by atoms with van der Waals surface area (Å²) in [6.45, 7) is 11.4. The number of carbonyl (C=O) groups is 1. The van der Waals surface area contributed by atoms with Gasteiger partial charge in [0.05, 0.1) is 6.61 Å². The van der Waals surface area contributed by atoms with Gasteiger partial charge in [-0.2, -0.15) is 0 Å². The van der Waals surface area contributed by atoms with E-state index in [0.717, 1.165) is 40.1 Å². The van der Waals surface area contributed by atoms with Gasteiger partial charge in [0.2, 0.25) is 0 Å². The van der Waals surface area contributed by atoms with Crippen LogP contribution in [0, 0.1) is 19.3 Å². The number of ether oxygens (including phenoxy) is 1. The molecule has 0 saturated heterocycles. The number of allylic oxidation sites excluding steroid dienone is 1. The maximum Gasteiger partial charge on any atom is 0.269 e. The Morgan fingerprint density at radius 1 is 1.19 bits per heavy atom. The Balaban J connectivity index is 2.04. The number of hydrogen-bond donors (Lipinski definition) is 3. The van der Waals surface area contributed by atoms with Gasteiger partial charge in [-0.25, -0.2) is 5.43 Å². The summed E-state index contributed by atoms with van der Waals surface area (Å²) in [6.07, 6.45) is 1.98. The molecule has 0 radical (unpaired) electrons. The van der Waals surface area contributed by atoms with Crippen LogP contribution < -0.4 is 16.6 Å². The molecule has 6 nitrogen and oxygen atoms in total. The van der Waals surface area contributed by atoms with Crippen molar-refractivity contribution in [2.75, 3.05) is 0 Å². The zero-order valence-corrected chi connectivity index (χ0v) is 19.6. The Kier molecular flexibility index (Phi) is 7.17. The number of halogens is 1. The van der Waals surface area contributed by atoms with Crippen LogP contribution in [-0.2, 0) is 29.1 Å².